The van der Waals surface area contributed by atoms with Crippen LogP contribution in [0, 0.1) is 0 Å². The molecule has 0 bridgehead atoms. The van der Waals surface area contributed by atoms with E-state index in [4.69, 9.17) is 0 Å². The van der Waals surface area contributed by atoms with Gasteiger partial charge in [0.05, 0.1) is 12.8 Å². The van der Waals surface area contributed by atoms with Crippen LogP contribution in [0.5, 0.6) is 0 Å². The van der Waals surface area contributed by atoms with Crippen LogP contribution < -0.4 is 5.11 Å². The first-order chi connectivity index (χ1) is 5.47. The van der Waals surface area contributed by atoms with E-state index >= 15 is 0 Å². The lowest BCUT2D eigenvalue weighted by molar-refractivity contribution is -0.966. The second kappa shape index (κ2) is 2.65. The SMILES string of the molecule is O=C([O-])C[N+]1(O)C(=O)CCC1=O. The summed E-state index contributed by atoms with van der Waals surface area (Å²) in [5, 5.41) is 19.3. The van der Waals surface area contributed by atoms with Gasteiger partial charge in [0.2, 0.25) is 0 Å². The summed E-state index contributed by atoms with van der Waals surface area (Å²) < 4.78 is -1.64. The fourth-order valence-electron chi connectivity index (χ4n) is 1.09. The Hall–Kier alpha value is -1.27. The summed E-state index contributed by atoms with van der Waals surface area (Å²) in [5.41, 5.74) is 0. The minimum absolute atomic E-state index is 0.109. The molecular formula is C6H7NO5. The van der Waals surface area contributed by atoms with Crippen molar-refractivity contribution < 1.29 is 29.3 Å². The van der Waals surface area contributed by atoms with Gasteiger partial charge in [-0.15, -0.1) is 0 Å². The smallest absolute Gasteiger partial charge is 0.354 e. The molecule has 0 radical (unpaired) electrons. The maximum atomic E-state index is 10.9. The number of imide groups is 1. The van der Waals surface area contributed by atoms with Crippen LogP contribution in [0.2, 0.25) is 0 Å². The number of rotatable bonds is 2. The molecule has 0 unspecified atom stereocenters. The third-order valence-corrected chi connectivity index (χ3v) is 1.74. The molecule has 0 aromatic heterocycles. The topological polar surface area (TPSA) is 94.5 Å². The molecule has 66 valence electrons. The van der Waals surface area contributed by atoms with Gasteiger partial charge in [-0.05, 0) is 0 Å². The standard InChI is InChI=1S/C6H7NO5/c8-4-1-2-5(9)7(4,12)3-6(10)11/h12H,1-3H2. The van der Waals surface area contributed by atoms with E-state index in [1.807, 2.05) is 0 Å². The fraction of sp³-hybridized carbons (Fsp3) is 0.500. The number of aliphatic carboxylic acids is 1. The minimum atomic E-state index is -1.64. The predicted octanol–water partition coefficient (Wildman–Crippen LogP) is -2.21. The highest BCUT2D eigenvalue weighted by atomic mass is 16.6. The maximum Gasteiger partial charge on any atom is 0.354 e. The van der Waals surface area contributed by atoms with Crippen LogP contribution in [-0.2, 0) is 14.4 Å². The molecule has 1 fully saturated rings. The van der Waals surface area contributed by atoms with Crippen LogP contribution in [0.4, 0.5) is 0 Å². The molecule has 0 spiro atoms. The van der Waals surface area contributed by atoms with Crippen molar-refractivity contribution in [2.45, 2.75) is 12.8 Å². The van der Waals surface area contributed by atoms with E-state index in [0.717, 1.165) is 0 Å². The molecule has 0 aromatic carbocycles. The number of carbonyl (C=O) groups excluding carboxylic acids is 3. The lowest BCUT2D eigenvalue weighted by Gasteiger charge is -2.18. The van der Waals surface area contributed by atoms with Crippen molar-refractivity contribution in [2.75, 3.05) is 6.54 Å². The normalized spacial score (nSPS) is 21.4. The second-order valence-electron chi connectivity index (χ2n) is 2.59. The summed E-state index contributed by atoms with van der Waals surface area (Å²) in [6.45, 7) is -0.988. The Labute approximate surface area is 67.6 Å². The lowest BCUT2D eigenvalue weighted by atomic mass is 10.4. The van der Waals surface area contributed by atoms with Crippen LogP contribution >= 0.6 is 0 Å². The second-order valence-corrected chi connectivity index (χ2v) is 2.59. The van der Waals surface area contributed by atoms with Crippen LogP contribution in [0.1, 0.15) is 12.8 Å². The van der Waals surface area contributed by atoms with Crippen molar-refractivity contribution in [3.05, 3.63) is 0 Å². The predicted molar refractivity (Wildman–Crippen MR) is 31.2 cm³/mol. The number of hydrogen-bond acceptors (Lipinski definition) is 5. The van der Waals surface area contributed by atoms with Crippen molar-refractivity contribution in [1.82, 2.24) is 0 Å². The first-order valence-electron chi connectivity index (χ1n) is 3.34. The number of carbonyl (C=O) groups is 3. The largest absolute Gasteiger partial charge is 0.544 e. The zero-order chi connectivity index (χ0) is 9.35. The number of amides is 2. The van der Waals surface area contributed by atoms with Crippen LogP contribution in [0.15, 0.2) is 0 Å². The van der Waals surface area contributed by atoms with E-state index in [1.165, 1.54) is 0 Å². The van der Waals surface area contributed by atoms with E-state index < -0.39 is 29.0 Å². The van der Waals surface area contributed by atoms with Gasteiger partial charge < -0.3 is 9.90 Å². The Morgan fingerprint density at radius 2 is 1.83 bits per heavy atom. The maximum absolute atomic E-state index is 10.9. The van der Waals surface area contributed by atoms with Gasteiger partial charge in [-0.3, -0.25) is 0 Å². The molecule has 6 nitrogen and oxygen atoms in total. The molecule has 1 aliphatic rings. The Bertz CT molecular complexity index is 243. The number of quaternary nitrogens is 1. The first-order valence-corrected chi connectivity index (χ1v) is 3.34. The van der Waals surface area contributed by atoms with Crippen LogP contribution in [0.3, 0.4) is 0 Å². The minimum Gasteiger partial charge on any atom is -0.544 e. The van der Waals surface area contributed by atoms with Crippen molar-refractivity contribution in [1.29, 1.82) is 0 Å². The van der Waals surface area contributed by atoms with E-state index in [-0.39, 0.29) is 12.8 Å². The number of hydroxylamine groups is 3. The molecule has 0 atom stereocenters. The Morgan fingerprint density at radius 1 is 1.42 bits per heavy atom. The third-order valence-electron chi connectivity index (χ3n) is 1.74. The zero-order valence-corrected chi connectivity index (χ0v) is 6.15. The summed E-state index contributed by atoms with van der Waals surface area (Å²) >= 11 is 0. The summed E-state index contributed by atoms with van der Waals surface area (Å²) in [6.07, 6.45) is -0.217. The summed E-state index contributed by atoms with van der Waals surface area (Å²) in [7, 11) is 0. The van der Waals surface area contributed by atoms with Gasteiger partial charge in [0.25, 0.3) is 0 Å². The third kappa shape index (κ3) is 1.21. The highest BCUT2D eigenvalue weighted by Gasteiger charge is 2.49. The number of hydrogen-bond donors (Lipinski definition) is 1. The molecular weight excluding hydrogens is 166 g/mol. The quantitative estimate of drug-likeness (QED) is 0.290. The van der Waals surface area contributed by atoms with Gasteiger partial charge in [0, 0.05) is 0 Å². The van der Waals surface area contributed by atoms with Crippen molar-refractivity contribution in [3.63, 3.8) is 0 Å². The van der Waals surface area contributed by atoms with Crippen molar-refractivity contribution in [3.8, 4) is 0 Å². The highest BCUT2D eigenvalue weighted by molar-refractivity contribution is 5.92. The number of carboxylic acids is 1. The fourth-order valence-corrected chi connectivity index (χ4v) is 1.09. The highest BCUT2D eigenvalue weighted by Crippen LogP contribution is 2.18. The van der Waals surface area contributed by atoms with E-state index in [0.29, 0.717) is 0 Å². The number of likely N-dealkylation sites (tertiary alicyclic amines) is 1. The van der Waals surface area contributed by atoms with Gasteiger partial charge in [-0.25, -0.2) is 14.8 Å². The lowest BCUT2D eigenvalue weighted by Crippen LogP contribution is -2.55. The van der Waals surface area contributed by atoms with E-state index in [2.05, 4.69) is 0 Å². The molecule has 1 aliphatic heterocycles. The number of nitrogens with zero attached hydrogens (tertiary/aromatic N) is 1. The molecule has 1 rings (SSSR count). The number of carboxylic acid groups (broad SMARTS) is 1. The molecule has 1 heterocycles. The monoisotopic (exact) mass is 173 g/mol. The van der Waals surface area contributed by atoms with Gasteiger partial charge in [0.1, 0.15) is 5.97 Å². The summed E-state index contributed by atoms with van der Waals surface area (Å²) in [6, 6.07) is 0. The van der Waals surface area contributed by atoms with Gasteiger partial charge >= 0.3 is 11.8 Å². The summed E-state index contributed by atoms with van der Waals surface area (Å²) in [4.78, 5) is 31.8. The van der Waals surface area contributed by atoms with Crippen LogP contribution in [-0.4, -0.2) is 34.2 Å². The summed E-state index contributed by atoms with van der Waals surface area (Å²) in [5.74, 6) is -3.20. The Balaban J connectivity index is 2.87. The molecule has 0 saturated carbocycles. The van der Waals surface area contributed by atoms with Crippen molar-refractivity contribution >= 4 is 17.8 Å². The van der Waals surface area contributed by atoms with Gasteiger partial charge in [-0.2, -0.15) is 0 Å². The van der Waals surface area contributed by atoms with Crippen LogP contribution in [0.25, 0.3) is 0 Å². The molecule has 0 aliphatic carbocycles. The van der Waals surface area contributed by atoms with E-state index in [9.17, 15) is 24.7 Å². The molecule has 1 N–H and O–H groups in total. The molecule has 1 saturated heterocycles. The Kier molecular flexibility index (Phi) is 1.95. The molecule has 6 heteroatoms. The van der Waals surface area contributed by atoms with Gasteiger partial charge in [-0.1, -0.05) is 4.65 Å². The zero-order valence-electron chi connectivity index (χ0n) is 6.15. The van der Waals surface area contributed by atoms with Gasteiger partial charge in [0.15, 0.2) is 6.54 Å². The molecule has 2 amide bonds. The average molecular weight is 173 g/mol. The average Bonchev–Trinajstić information content (AvgIpc) is 2.16. The van der Waals surface area contributed by atoms with E-state index in [1.54, 1.807) is 0 Å². The molecule has 0 aromatic rings. The Morgan fingerprint density at radius 3 is 2.17 bits per heavy atom. The first kappa shape index (κ1) is 8.82. The molecule has 12 heavy (non-hydrogen) atoms. The van der Waals surface area contributed by atoms with Crippen molar-refractivity contribution in [2.24, 2.45) is 0 Å².